The van der Waals surface area contributed by atoms with Crippen molar-refractivity contribution in [2.75, 3.05) is 13.1 Å². The average molecular weight is 310 g/mol. The van der Waals surface area contributed by atoms with Crippen LogP contribution in [0.5, 0.6) is 0 Å². The summed E-state index contributed by atoms with van der Waals surface area (Å²) >= 11 is 3.38. The highest BCUT2D eigenvalue weighted by Crippen LogP contribution is 2.23. The van der Waals surface area contributed by atoms with Gasteiger partial charge in [-0.3, -0.25) is 14.6 Å². The van der Waals surface area contributed by atoms with Crippen LogP contribution >= 0.6 is 15.9 Å². The molecule has 18 heavy (non-hydrogen) atoms. The summed E-state index contributed by atoms with van der Waals surface area (Å²) in [6, 6.07) is 1.95. The summed E-state index contributed by atoms with van der Waals surface area (Å²) in [6.45, 7) is 1.44. The predicted octanol–water partition coefficient (Wildman–Crippen LogP) is 1.46. The molecule has 1 saturated heterocycles. The first-order valence-corrected chi connectivity index (χ1v) is 6.51. The molecule has 0 saturated carbocycles. The van der Waals surface area contributed by atoms with Gasteiger partial charge in [-0.05, 0) is 28.4 Å². The third kappa shape index (κ3) is 2.05. The number of nitrogens with zero attached hydrogens (tertiary/aromatic N) is 4. The summed E-state index contributed by atoms with van der Waals surface area (Å²) in [7, 11) is 0. The molecule has 6 nitrogen and oxygen atoms in total. The number of carbonyl (C=O) groups excluding carboxylic acids is 1. The number of amides is 1. The second-order valence-corrected chi connectivity index (χ2v) is 5.22. The Kier molecular flexibility index (Phi) is 2.91. The van der Waals surface area contributed by atoms with Crippen molar-refractivity contribution in [3.63, 3.8) is 0 Å². The van der Waals surface area contributed by atoms with Crippen molar-refractivity contribution in [2.24, 2.45) is 0 Å². The summed E-state index contributed by atoms with van der Waals surface area (Å²) in [5.74, 6) is 0.00113. The van der Waals surface area contributed by atoms with E-state index in [1.807, 2.05) is 15.8 Å². The molecule has 3 rings (SSSR count). The molecule has 1 amide bonds. The lowest BCUT2D eigenvalue weighted by Gasteiger charge is -2.15. The van der Waals surface area contributed by atoms with Crippen molar-refractivity contribution in [1.29, 1.82) is 0 Å². The first-order valence-electron chi connectivity index (χ1n) is 5.72. The van der Waals surface area contributed by atoms with Crippen molar-refractivity contribution >= 4 is 21.8 Å². The molecule has 2 aromatic rings. The molecule has 0 bridgehead atoms. The first-order chi connectivity index (χ1) is 8.74. The van der Waals surface area contributed by atoms with Gasteiger partial charge in [0.05, 0.1) is 16.7 Å². The minimum Gasteiger partial charge on any atom is -0.335 e. The zero-order valence-electron chi connectivity index (χ0n) is 9.58. The average Bonchev–Trinajstić information content (AvgIpc) is 3.09. The number of aromatic amines is 1. The van der Waals surface area contributed by atoms with Gasteiger partial charge in [-0.1, -0.05) is 0 Å². The number of aromatic nitrogens is 4. The van der Waals surface area contributed by atoms with Crippen molar-refractivity contribution < 1.29 is 4.79 Å². The number of hydrogen-bond donors (Lipinski definition) is 1. The largest absolute Gasteiger partial charge is 0.335 e. The van der Waals surface area contributed by atoms with Crippen molar-refractivity contribution in [3.05, 3.63) is 34.8 Å². The van der Waals surface area contributed by atoms with Gasteiger partial charge < -0.3 is 4.90 Å². The van der Waals surface area contributed by atoms with Gasteiger partial charge in [-0.2, -0.15) is 10.2 Å². The van der Waals surface area contributed by atoms with E-state index in [0.29, 0.717) is 12.2 Å². The van der Waals surface area contributed by atoms with E-state index in [1.165, 1.54) is 0 Å². The van der Waals surface area contributed by atoms with Gasteiger partial charge in [-0.25, -0.2) is 0 Å². The van der Waals surface area contributed by atoms with E-state index in [0.717, 1.165) is 17.4 Å². The molecule has 3 heterocycles. The molecule has 0 aromatic carbocycles. The molecule has 1 aliphatic rings. The van der Waals surface area contributed by atoms with Gasteiger partial charge in [0.2, 0.25) is 0 Å². The van der Waals surface area contributed by atoms with E-state index in [4.69, 9.17) is 0 Å². The van der Waals surface area contributed by atoms with Crippen LogP contribution < -0.4 is 0 Å². The zero-order chi connectivity index (χ0) is 12.5. The zero-order valence-corrected chi connectivity index (χ0v) is 11.2. The number of likely N-dealkylation sites (tertiary alicyclic amines) is 1. The molecule has 1 aliphatic heterocycles. The summed E-state index contributed by atoms with van der Waals surface area (Å²) in [5.41, 5.74) is 0.539. The lowest BCUT2D eigenvalue weighted by atomic mass is 10.3. The molecule has 1 N–H and O–H groups in total. The van der Waals surface area contributed by atoms with Crippen molar-refractivity contribution in [3.8, 4) is 0 Å². The molecule has 94 valence electrons. The number of halogens is 1. The Labute approximate surface area is 112 Å². The summed E-state index contributed by atoms with van der Waals surface area (Å²) < 4.78 is 2.87. The SMILES string of the molecule is O=C(c1ccn[nH]1)N1CCC(n2cc(Br)cn2)C1. The Morgan fingerprint density at radius 1 is 1.56 bits per heavy atom. The lowest BCUT2D eigenvalue weighted by molar-refractivity contribution is 0.0781. The number of hydrogen-bond acceptors (Lipinski definition) is 3. The van der Waals surface area contributed by atoms with Crippen LogP contribution in [-0.4, -0.2) is 43.9 Å². The summed E-state index contributed by atoms with van der Waals surface area (Å²) in [4.78, 5) is 13.9. The molecule has 1 fully saturated rings. The Hall–Kier alpha value is -1.63. The topological polar surface area (TPSA) is 66.8 Å². The number of H-pyrrole nitrogens is 1. The Balaban J connectivity index is 1.70. The standard InChI is InChI=1S/C11H12BrN5O/c12-8-5-14-17(6-8)9-2-4-16(7-9)11(18)10-1-3-13-15-10/h1,3,5-6,9H,2,4,7H2,(H,13,15). The maximum absolute atomic E-state index is 12.1. The van der Waals surface area contributed by atoms with Gasteiger partial charge >= 0.3 is 0 Å². The van der Waals surface area contributed by atoms with Gasteiger partial charge in [0.1, 0.15) is 5.69 Å². The summed E-state index contributed by atoms with van der Waals surface area (Å²) in [6.07, 6.45) is 6.22. The second kappa shape index (κ2) is 4.56. The number of carbonyl (C=O) groups is 1. The normalized spacial score (nSPS) is 19.4. The number of nitrogens with one attached hydrogen (secondary N) is 1. The molecule has 7 heteroatoms. The Bertz CT molecular complexity index is 550. The molecule has 1 unspecified atom stereocenters. The van der Waals surface area contributed by atoms with Gasteiger partial charge in [-0.15, -0.1) is 0 Å². The lowest BCUT2D eigenvalue weighted by Crippen LogP contribution is -2.29. The highest BCUT2D eigenvalue weighted by atomic mass is 79.9. The minimum atomic E-state index is 0.00113. The fourth-order valence-electron chi connectivity index (χ4n) is 2.20. The molecule has 0 spiro atoms. The quantitative estimate of drug-likeness (QED) is 0.913. The smallest absolute Gasteiger partial charge is 0.271 e. The van der Waals surface area contributed by atoms with Crippen LogP contribution in [0.15, 0.2) is 29.1 Å². The maximum Gasteiger partial charge on any atom is 0.271 e. The minimum absolute atomic E-state index is 0.00113. The van der Waals surface area contributed by atoms with Crippen LogP contribution in [0.1, 0.15) is 23.0 Å². The van der Waals surface area contributed by atoms with Crippen LogP contribution in [0.25, 0.3) is 0 Å². The third-order valence-electron chi connectivity index (χ3n) is 3.13. The van der Waals surface area contributed by atoms with Gasteiger partial charge in [0.25, 0.3) is 5.91 Å². The van der Waals surface area contributed by atoms with E-state index in [1.54, 1.807) is 18.5 Å². The molecular weight excluding hydrogens is 298 g/mol. The van der Waals surface area contributed by atoms with Crippen molar-refractivity contribution in [1.82, 2.24) is 24.9 Å². The monoisotopic (exact) mass is 309 g/mol. The first kappa shape index (κ1) is 11.5. The Morgan fingerprint density at radius 2 is 2.44 bits per heavy atom. The van der Waals surface area contributed by atoms with Crippen molar-refractivity contribution in [2.45, 2.75) is 12.5 Å². The fourth-order valence-corrected chi connectivity index (χ4v) is 2.50. The number of rotatable bonds is 2. The van der Waals surface area contributed by atoms with Crippen LogP contribution in [0.2, 0.25) is 0 Å². The van der Waals surface area contributed by atoms with E-state index >= 15 is 0 Å². The van der Waals surface area contributed by atoms with Crippen LogP contribution in [-0.2, 0) is 0 Å². The molecule has 0 radical (unpaired) electrons. The maximum atomic E-state index is 12.1. The molecule has 0 aliphatic carbocycles. The van der Waals surface area contributed by atoms with Gasteiger partial charge in [0, 0.05) is 25.5 Å². The van der Waals surface area contributed by atoms with Crippen LogP contribution in [0.3, 0.4) is 0 Å². The van der Waals surface area contributed by atoms with E-state index in [2.05, 4.69) is 31.2 Å². The molecule has 1 atom stereocenters. The van der Waals surface area contributed by atoms with E-state index in [-0.39, 0.29) is 11.9 Å². The van der Waals surface area contributed by atoms with Gasteiger partial charge in [0.15, 0.2) is 0 Å². The second-order valence-electron chi connectivity index (χ2n) is 4.30. The Morgan fingerprint density at radius 3 is 3.11 bits per heavy atom. The molecular formula is C11H12BrN5O. The predicted molar refractivity (Wildman–Crippen MR) is 68.1 cm³/mol. The highest BCUT2D eigenvalue weighted by molar-refractivity contribution is 9.10. The molecule has 2 aromatic heterocycles. The van der Waals surface area contributed by atoms with Crippen LogP contribution in [0.4, 0.5) is 0 Å². The van der Waals surface area contributed by atoms with Crippen LogP contribution in [0, 0.1) is 0 Å². The highest BCUT2D eigenvalue weighted by Gasteiger charge is 2.28. The summed E-state index contributed by atoms with van der Waals surface area (Å²) in [5, 5.41) is 10.8. The third-order valence-corrected chi connectivity index (χ3v) is 3.54. The fraction of sp³-hybridized carbons (Fsp3) is 0.364. The van der Waals surface area contributed by atoms with E-state index < -0.39 is 0 Å². The van der Waals surface area contributed by atoms with E-state index in [9.17, 15) is 4.79 Å².